The zero-order valence-corrected chi connectivity index (χ0v) is 14.3. The van der Waals surface area contributed by atoms with E-state index in [4.69, 9.17) is 10.5 Å². The first-order chi connectivity index (χ1) is 11.8. The van der Waals surface area contributed by atoms with Crippen LogP contribution >= 0.6 is 0 Å². The highest BCUT2D eigenvalue weighted by molar-refractivity contribution is 5.86. The lowest BCUT2D eigenvalue weighted by molar-refractivity contribution is 0.338. The molecular formula is C21H26N2O. The maximum Gasteiger partial charge on any atom is 0.150 e. The maximum atomic E-state index is 6.02. The van der Waals surface area contributed by atoms with Crippen LogP contribution in [0, 0.1) is 5.92 Å². The van der Waals surface area contributed by atoms with Gasteiger partial charge in [0.15, 0.2) is 0 Å². The second-order valence-corrected chi connectivity index (χ2v) is 7.18. The van der Waals surface area contributed by atoms with Crippen molar-refractivity contribution in [3.05, 3.63) is 47.5 Å². The van der Waals surface area contributed by atoms with E-state index in [2.05, 4.69) is 41.7 Å². The van der Waals surface area contributed by atoms with Gasteiger partial charge in [0.2, 0.25) is 0 Å². The summed E-state index contributed by atoms with van der Waals surface area (Å²) in [6.45, 7) is 1.00. The van der Waals surface area contributed by atoms with Crippen molar-refractivity contribution in [2.75, 3.05) is 19.0 Å². The van der Waals surface area contributed by atoms with Crippen molar-refractivity contribution in [1.82, 2.24) is 0 Å². The maximum absolute atomic E-state index is 6.02. The first kappa shape index (κ1) is 15.5. The van der Waals surface area contributed by atoms with Crippen LogP contribution < -0.4 is 15.8 Å². The fraction of sp³-hybridized carbons (Fsp3) is 0.429. The lowest BCUT2D eigenvalue weighted by atomic mass is 9.86. The number of anilines is 1. The van der Waals surface area contributed by atoms with Crippen LogP contribution in [-0.4, -0.2) is 19.7 Å². The molecule has 0 heterocycles. The van der Waals surface area contributed by atoms with Crippen molar-refractivity contribution in [3.63, 3.8) is 0 Å². The van der Waals surface area contributed by atoms with Crippen LogP contribution in [0.3, 0.4) is 0 Å². The van der Waals surface area contributed by atoms with E-state index in [0.717, 1.165) is 43.2 Å². The van der Waals surface area contributed by atoms with Gasteiger partial charge >= 0.3 is 0 Å². The number of rotatable bonds is 4. The summed E-state index contributed by atoms with van der Waals surface area (Å²) in [5.41, 5.74) is 12.5. The van der Waals surface area contributed by atoms with Crippen molar-refractivity contribution < 1.29 is 4.74 Å². The van der Waals surface area contributed by atoms with Crippen LogP contribution in [0.5, 0.6) is 5.75 Å². The first-order valence-corrected chi connectivity index (χ1v) is 9.04. The van der Waals surface area contributed by atoms with Gasteiger partial charge < -0.3 is 15.8 Å². The standard InChI is InChI=1S/C21H26N2O/c1-24-21-19(23-13-14-6-9-17(22)10-7-14)11-8-16-12-15-4-2-3-5-18(15)20(16)21/h2-5,8,11,14,17,23H,6-7,9-10,12-13,22H2,1H3. The fourth-order valence-corrected chi connectivity index (χ4v) is 4.19. The molecule has 2 aromatic rings. The zero-order valence-electron chi connectivity index (χ0n) is 14.3. The van der Waals surface area contributed by atoms with E-state index in [1.807, 2.05) is 0 Å². The van der Waals surface area contributed by atoms with Crippen LogP contribution in [0.2, 0.25) is 0 Å². The lowest BCUT2D eigenvalue weighted by Gasteiger charge is -2.27. The highest BCUT2D eigenvalue weighted by Crippen LogP contribution is 2.46. The molecule has 4 rings (SSSR count). The number of nitrogens with one attached hydrogen (secondary N) is 1. The summed E-state index contributed by atoms with van der Waals surface area (Å²) in [4.78, 5) is 0. The summed E-state index contributed by atoms with van der Waals surface area (Å²) in [5, 5.41) is 3.64. The predicted molar refractivity (Wildman–Crippen MR) is 99.7 cm³/mol. The molecule has 2 aromatic carbocycles. The van der Waals surface area contributed by atoms with Crippen LogP contribution in [0.1, 0.15) is 36.8 Å². The molecule has 0 spiro atoms. The second-order valence-electron chi connectivity index (χ2n) is 7.18. The molecule has 2 aliphatic carbocycles. The highest BCUT2D eigenvalue weighted by atomic mass is 16.5. The third-order valence-corrected chi connectivity index (χ3v) is 5.59. The van der Waals surface area contributed by atoms with Gasteiger partial charge in [0.1, 0.15) is 5.75 Å². The van der Waals surface area contributed by atoms with Gasteiger partial charge in [-0.15, -0.1) is 0 Å². The van der Waals surface area contributed by atoms with E-state index in [-0.39, 0.29) is 0 Å². The highest BCUT2D eigenvalue weighted by Gasteiger charge is 2.24. The number of ether oxygens (including phenoxy) is 1. The van der Waals surface area contributed by atoms with Crippen molar-refractivity contribution >= 4 is 5.69 Å². The number of hydrogen-bond acceptors (Lipinski definition) is 3. The summed E-state index contributed by atoms with van der Waals surface area (Å²) < 4.78 is 5.82. The van der Waals surface area contributed by atoms with Gasteiger partial charge in [0.05, 0.1) is 12.8 Å². The van der Waals surface area contributed by atoms with E-state index in [0.29, 0.717) is 6.04 Å². The van der Waals surface area contributed by atoms with E-state index < -0.39 is 0 Å². The molecular weight excluding hydrogens is 296 g/mol. The molecule has 24 heavy (non-hydrogen) atoms. The van der Waals surface area contributed by atoms with Crippen LogP contribution in [0.15, 0.2) is 36.4 Å². The number of methoxy groups -OCH3 is 1. The molecule has 0 aliphatic heterocycles. The molecule has 126 valence electrons. The minimum atomic E-state index is 0.410. The molecule has 0 aromatic heterocycles. The summed E-state index contributed by atoms with van der Waals surface area (Å²) >= 11 is 0. The minimum Gasteiger partial charge on any atom is -0.494 e. The molecule has 3 N–H and O–H groups in total. The van der Waals surface area contributed by atoms with Gasteiger partial charge in [-0.25, -0.2) is 0 Å². The van der Waals surface area contributed by atoms with Gasteiger partial charge in [-0.2, -0.15) is 0 Å². The monoisotopic (exact) mass is 322 g/mol. The van der Waals surface area contributed by atoms with Gasteiger partial charge in [-0.05, 0) is 60.8 Å². The normalized spacial score (nSPS) is 21.9. The summed E-state index contributed by atoms with van der Waals surface area (Å²) in [5.74, 6) is 1.71. The third kappa shape index (κ3) is 2.78. The molecule has 0 atom stereocenters. The summed E-state index contributed by atoms with van der Waals surface area (Å²) in [6.07, 6.45) is 5.76. The Labute approximate surface area is 144 Å². The molecule has 3 nitrogen and oxygen atoms in total. The van der Waals surface area contributed by atoms with E-state index in [1.54, 1.807) is 7.11 Å². The Balaban J connectivity index is 1.57. The van der Waals surface area contributed by atoms with Crippen LogP contribution in [0.4, 0.5) is 5.69 Å². The van der Waals surface area contributed by atoms with E-state index in [1.165, 1.54) is 35.1 Å². The Hall–Kier alpha value is -2.00. The number of benzene rings is 2. The van der Waals surface area contributed by atoms with Gasteiger partial charge in [0.25, 0.3) is 0 Å². The van der Waals surface area contributed by atoms with Crippen LogP contribution in [-0.2, 0) is 6.42 Å². The molecule has 3 heteroatoms. The van der Waals surface area contributed by atoms with Crippen molar-refractivity contribution in [3.8, 4) is 16.9 Å². The molecule has 0 radical (unpaired) electrons. The number of fused-ring (bicyclic) bond motifs is 3. The molecule has 0 saturated heterocycles. The molecule has 1 saturated carbocycles. The molecule has 2 aliphatic rings. The quantitative estimate of drug-likeness (QED) is 0.757. The Morgan fingerprint density at radius 1 is 1.04 bits per heavy atom. The van der Waals surface area contributed by atoms with Gasteiger partial charge in [0, 0.05) is 18.2 Å². The molecule has 0 unspecified atom stereocenters. The number of hydrogen-bond donors (Lipinski definition) is 2. The Bertz CT molecular complexity index is 733. The van der Waals surface area contributed by atoms with Crippen molar-refractivity contribution in [2.24, 2.45) is 11.7 Å². The SMILES string of the molecule is COc1c(NCC2CCC(N)CC2)ccc2c1-c1ccccc1C2. The summed E-state index contributed by atoms with van der Waals surface area (Å²) in [7, 11) is 1.78. The Morgan fingerprint density at radius 3 is 2.62 bits per heavy atom. The first-order valence-electron chi connectivity index (χ1n) is 9.04. The summed E-state index contributed by atoms with van der Waals surface area (Å²) in [6, 6.07) is 13.5. The lowest BCUT2D eigenvalue weighted by Crippen LogP contribution is -2.29. The molecule has 1 fully saturated rings. The zero-order chi connectivity index (χ0) is 16.5. The van der Waals surface area contributed by atoms with E-state index in [9.17, 15) is 0 Å². The molecule has 0 bridgehead atoms. The third-order valence-electron chi connectivity index (χ3n) is 5.59. The molecule has 0 amide bonds. The largest absolute Gasteiger partial charge is 0.494 e. The minimum absolute atomic E-state index is 0.410. The Morgan fingerprint density at radius 2 is 1.83 bits per heavy atom. The second kappa shape index (κ2) is 6.48. The average molecular weight is 322 g/mol. The van der Waals surface area contributed by atoms with E-state index >= 15 is 0 Å². The van der Waals surface area contributed by atoms with Crippen molar-refractivity contribution in [2.45, 2.75) is 38.1 Å². The van der Waals surface area contributed by atoms with Gasteiger partial charge in [-0.1, -0.05) is 30.3 Å². The number of nitrogens with two attached hydrogens (primary N) is 1. The predicted octanol–water partition coefficient (Wildman–Crippen LogP) is 4.20. The Kier molecular flexibility index (Phi) is 4.19. The fourth-order valence-electron chi connectivity index (χ4n) is 4.19. The topological polar surface area (TPSA) is 47.3 Å². The van der Waals surface area contributed by atoms with Crippen LogP contribution in [0.25, 0.3) is 11.1 Å². The van der Waals surface area contributed by atoms with Gasteiger partial charge in [-0.3, -0.25) is 0 Å². The smallest absolute Gasteiger partial charge is 0.150 e. The average Bonchev–Trinajstić information content (AvgIpc) is 2.99. The van der Waals surface area contributed by atoms with Crippen molar-refractivity contribution in [1.29, 1.82) is 0 Å².